The van der Waals surface area contributed by atoms with Crippen molar-refractivity contribution >= 4 is 28.9 Å². The first kappa shape index (κ1) is 30.2. The van der Waals surface area contributed by atoms with E-state index in [-0.39, 0.29) is 42.6 Å². The van der Waals surface area contributed by atoms with Crippen LogP contribution in [0, 0.1) is 11.8 Å². The summed E-state index contributed by atoms with van der Waals surface area (Å²) in [5.41, 5.74) is 3.39. The van der Waals surface area contributed by atoms with Gasteiger partial charge in [-0.15, -0.1) is 9.60 Å². The lowest BCUT2D eigenvalue weighted by atomic mass is 9.57. The number of aliphatic hydroxyl groups excluding tert-OH is 2. The topological polar surface area (TPSA) is 168 Å². The van der Waals surface area contributed by atoms with Crippen LogP contribution in [0.2, 0.25) is 0 Å². The maximum absolute atomic E-state index is 15.1. The number of nitrogens with zero attached hydrogens (tertiary/aromatic N) is 3. The number of likely N-dealkylation sites (N-methyl/N-ethyl adjacent to an activating group) is 1. The Morgan fingerprint density at radius 2 is 1.72 bits per heavy atom. The molecule has 2 aromatic carbocycles. The summed E-state index contributed by atoms with van der Waals surface area (Å²) in [6.45, 7) is -0.394. The smallest absolute Gasteiger partial charge is 0.255 e. The second-order valence-corrected chi connectivity index (χ2v) is 11.9. The summed E-state index contributed by atoms with van der Waals surface area (Å²) in [5, 5.41) is 46.3. The normalized spacial score (nSPS) is 25.2. The number of Topliss-reactive ketones (excluding diaryl/α,β-unsaturated/α-hetero) is 2. The number of hydrogen-bond donors (Lipinski definition) is 5. The minimum absolute atomic E-state index is 0.0174. The Morgan fingerprint density at radius 1 is 1.07 bits per heavy atom. The number of aromatic hydroxyl groups is 1. The van der Waals surface area contributed by atoms with E-state index in [4.69, 9.17) is 5.73 Å². The van der Waals surface area contributed by atoms with Gasteiger partial charge in [0.2, 0.25) is 5.78 Å². The Morgan fingerprint density at radius 3 is 2.30 bits per heavy atom. The minimum Gasteiger partial charge on any atom is -0.508 e. The van der Waals surface area contributed by atoms with Gasteiger partial charge in [0.1, 0.15) is 22.8 Å². The number of anilines is 1. The van der Waals surface area contributed by atoms with Crippen molar-refractivity contribution in [2.24, 2.45) is 17.6 Å². The van der Waals surface area contributed by atoms with Crippen molar-refractivity contribution in [1.82, 2.24) is 10.0 Å². The largest absolute Gasteiger partial charge is 0.508 e. The summed E-state index contributed by atoms with van der Waals surface area (Å²) < 4.78 is 15.1. The van der Waals surface area contributed by atoms with Crippen LogP contribution in [0.4, 0.5) is 10.2 Å². The first-order valence-corrected chi connectivity index (χ1v) is 13.8. The molecule has 228 valence electrons. The molecule has 3 aliphatic rings. The zero-order valence-electron chi connectivity index (χ0n) is 24.3. The van der Waals surface area contributed by atoms with Crippen molar-refractivity contribution < 1.29 is 39.3 Å². The number of phenols is 1. The molecule has 0 aromatic heterocycles. The summed E-state index contributed by atoms with van der Waals surface area (Å²) >= 11 is 0. The van der Waals surface area contributed by atoms with Gasteiger partial charge in [0, 0.05) is 36.8 Å². The van der Waals surface area contributed by atoms with Crippen molar-refractivity contribution in [1.29, 1.82) is 0 Å². The molecule has 3 aliphatic carbocycles. The average molecular weight is 595 g/mol. The van der Waals surface area contributed by atoms with E-state index in [2.05, 4.69) is 0 Å². The third kappa shape index (κ3) is 4.66. The number of halogens is 1. The number of carbonyl (C=O) groups excluding carboxylic acids is 3. The maximum Gasteiger partial charge on any atom is 0.255 e. The molecule has 0 saturated heterocycles. The van der Waals surface area contributed by atoms with Gasteiger partial charge >= 0.3 is 0 Å². The van der Waals surface area contributed by atoms with E-state index in [1.807, 2.05) is 6.07 Å². The van der Waals surface area contributed by atoms with Crippen LogP contribution in [0.25, 0.3) is 5.76 Å². The number of primary amides is 1. The lowest BCUT2D eigenvalue weighted by molar-refractivity contribution is -0.153. The number of phenolic OH excluding ortho intramolecular Hbond substituents is 1. The molecule has 0 spiro atoms. The molecular weight excluding hydrogens is 559 g/mol. The van der Waals surface area contributed by atoms with E-state index < -0.39 is 63.8 Å². The Kier molecular flexibility index (Phi) is 7.57. The summed E-state index contributed by atoms with van der Waals surface area (Å²) in [4.78, 5) is 42.7. The molecule has 1 saturated carbocycles. The standard InChI is InChI=1S/C31H35FN4O7/c1-34(2)20-12-17(14-36(32)13-15-8-6-5-7-9-15)25(37)22-18(20)10-16-11-19-24(35(3)4)27(39)23(30(33)42)29(41)31(19,43)28(40)21(16)26(22)38/h5-9,12,16,19,24,37-38,41,43H,10-11,13-14H2,1-4H3,(H2,33,42)/t16-,19-,24-,31-/m0/s1. The van der Waals surface area contributed by atoms with Crippen LogP contribution in [-0.2, 0) is 33.9 Å². The number of amides is 1. The van der Waals surface area contributed by atoms with Gasteiger partial charge in [-0.05, 0) is 50.0 Å². The Hall–Kier alpha value is -4.26. The molecule has 0 aliphatic heterocycles. The van der Waals surface area contributed by atoms with Crippen molar-refractivity contribution in [2.45, 2.75) is 37.6 Å². The minimum atomic E-state index is -2.73. The van der Waals surface area contributed by atoms with Gasteiger partial charge < -0.3 is 31.1 Å². The van der Waals surface area contributed by atoms with Crippen LogP contribution in [0.3, 0.4) is 0 Å². The molecule has 1 fully saturated rings. The molecular formula is C31H35FN4O7. The molecule has 0 heterocycles. The summed E-state index contributed by atoms with van der Waals surface area (Å²) in [6.07, 6.45) is 0.121. The molecule has 0 unspecified atom stereocenters. The number of benzene rings is 2. The highest BCUT2D eigenvalue weighted by Crippen LogP contribution is 2.54. The maximum atomic E-state index is 15.1. The van der Waals surface area contributed by atoms with E-state index in [0.29, 0.717) is 21.9 Å². The van der Waals surface area contributed by atoms with Gasteiger partial charge in [0.05, 0.1) is 24.7 Å². The zero-order chi connectivity index (χ0) is 31.5. The van der Waals surface area contributed by atoms with E-state index in [1.54, 1.807) is 63.4 Å². The summed E-state index contributed by atoms with van der Waals surface area (Å²) in [7, 11) is 6.60. The van der Waals surface area contributed by atoms with E-state index in [9.17, 15) is 34.8 Å². The van der Waals surface area contributed by atoms with E-state index in [0.717, 1.165) is 0 Å². The molecule has 6 N–H and O–H groups in total. The van der Waals surface area contributed by atoms with Gasteiger partial charge in [-0.2, -0.15) is 0 Å². The fourth-order valence-corrected chi connectivity index (χ4v) is 6.89. The molecule has 4 atom stereocenters. The molecule has 11 nitrogen and oxygen atoms in total. The number of fused-ring (bicyclic) bond motifs is 3. The first-order chi connectivity index (χ1) is 20.2. The molecule has 0 radical (unpaired) electrons. The van der Waals surface area contributed by atoms with Crippen LogP contribution in [0.5, 0.6) is 5.75 Å². The first-order valence-electron chi connectivity index (χ1n) is 13.8. The average Bonchev–Trinajstić information content (AvgIpc) is 2.92. The van der Waals surface area contributed by atoms with Crippen molar-refractivity contribution in [2.75, 3.05) is 33.1 Å². The van der Waals surface area contributed by atoms with Gasteiger partial charge in [0.25, 0.3) is 5.91 Å². The number of nitrogens with two attached hydrogens (primary N) is 1. The lowest BCUT2D eigenvalue weighted by Crippen LogP contribution is -2.65. The van der Waals surface area contributed by atoms with Crippen molar-refractivity contribution in [3.63, 3.8) is 0 Å². The van der Waals surface area contributed by atoms with Crippen LogP contribution in [0.1, 0.15) is 28.7 Å². The fourth-order valence-electron chi connectivity index (χ4n) is 6.89. The summed E-state index contributed by atoms with van der Waals surface area (Å²) in [5.74, 6) is -7.27. The van der Waals surface area contributed by atoms with Gasteiger partial charge in [0.15, 0.2) is 11.4 Å². The number of rotatable bonds is 7. The molecule has 43 heavy (non-hydrogen) atoms. The monoisotopic (exact) mass is 594 g/mol. The molecule has 12 heteroatoms. The van der Waals surface area contributed by atoms with Crippen molar-refractivity contribution in [3.05, 3.63) is 75.6 Å². The quantitative estimate of drug-likeness (QED) is 0.236. The Balaban J connectivity index is 1.64. The highest BCUT2D eigenvalue weighted by Gasteiger charge is 2.64. The number of hydrogen-bond acceptors (Lipinski definition) is 10. The summed E-state index contributed by atoms with van der Waals surface area (Å²) in [6, 6.07) is 9.38. The highest BCUT2D eigenvalue weighted by molar-refractivity contribution is 6.24. The number of ketones is 2. The van der Waals surface area contributed by atoms with Crippen molar-refractivity contribution in [3.8, 4) is 5.75 Å². The van der Waals surface area contributed by atoms with Gasteiger partial charge in [-0.3, -0.25) is 19.3 Å². The van der Waals surface area contributed by atoms with Gasteiger partial charge in [-0.25, -0.2) is 0 Å². The second-order valence-electron chi connectivity index (χ2n) is 11.9. The predicted octanol–water partition coefficient (Wildman–Crippen LogP) is 1.92. The second kappa shape index (κ2) is 10.8. The van der Waals surface area contributed by atoms with Crippen LogP contribution < -0.4 is 10.6 Å². The third-order valence-electron chi connectivity index (χ3n) is 8.80. The Labute approximate surface area is 247 Å². The van der Waals surface area contributed by atoms with Crippen LogP contribution in [0.15, 0.2) is 53.3 Å². The van der Waals surface area contributed by atoms with E-state index >= 15 is 4.48 Å². The SMILES string of the molecule is CN(C)c1cc(CN(F)Cc2ccccc2)c(O)c2c1C[C@H]1C[C@H]3[C@H](N(C)C)C(=O)C(C(N)=O)=C(O)[C@@]3(O)C(=O)C1=C2O. The number of aliphatic hydroxyl groups is 3. The zero-order valence-corrected chi connectivity index (χ0v) is 24.3. The van der Waals surface area contributed by atoms with Crippen LogP contribution in [-0.4, -0.2) is 87.8 Å². The fraction of sp³-hybridized carbons (Fsp3) is 0.387. The predicted molar refractivity (Wildman–Crippen MR) is 155 cm³/mol. The van der Waals surface area contributed by atoms with E-state index in [1.165, 1.54) is 4.90 Å². The molecule has 0 bridgehead atoms. The molecule has 5 rings (SSSR count). The lowest BCUT2D eigenvalue weighted by Gasteiger charge is -2.50. The van der Waals surface area contributed by atoms with Gasteiger partial charge in [-0.1, -0.05) is 30.3 Å². The van der Waals surface area contributed by atoms with Crippen LogP contribution >= 0.6 is 0 Å². The highest BCUT2D eigenvalue weighted by atomic mass is 19.2. The Bertz CT molecular complexity index is 1590. The number of carbonyl (C=O) groups is 3. The molecule has 1 amide bonds. The third-order valence-corrected chi connectivity index (χ3v) is 8.80. The molecule has 2 aromatic rings.